The molecule has 2 aromatic heterocycles. The van der Waals surface area contributed by atoms with Gasteiger partial charge in [0.15, 0.2) is 5.82 Å². The number of aliphatic hydroxyl groups excluding tert-OH is 1. The summed E-state index contributed by atoms with van der Waals surface area (Å²) in [6.07, 6.45) is 4.32. The summed E-state index contributed by atoms with van der Waals surface area (Å²) in [6, 6.07) is 2.04. The highest BCUT2D eigenvalue weighted by Crippen LogP contribution is 2.25. The molecule has 0 atom stereocenters. The van der Waals surface area contributed by atoms with Crippen LogP contribution >= 0.6 is 0 Å². The lowest BCUT2D eigenvalue weighted by atomic mass is 10.0. The van der Waals surface area contributed by atoms with Crippen LogP contribution in [0.5, 0.6) is 0 Å². The molecule has 0 bridgehead atoms. The fourth-order valence-electron chi connectivity index (χ4n) is 4.13. The van der Waals surface area contributed by atoms with Crippen LogP contribution in [0.1, 0.15) is 54.0 Å². The molecule has 0 spiro atoms. The molecule has 0 unspecified atom stereocenters. The molecule has 0 saturated carbocycles. The van der Waals surface area contributed by atoms with Crippen LogP contribution in [0.4, 0.5) is 11.8 Å². The van der Waals surface area contributed by atoms with Gasteiger partial charge in [-0.25, -0.2) is 9.97 Å². The Morgan fingerprint density at radius 3 is 2.50 bits per heavy atom. The van der Waals surface area contributed by atoms with Crippen molar-refractivity contribution in [2.24, 2.45) is 5.92 Å². The first-order chi connectivity index (χ1) is 15.3. The minimum Gasteiger partial charge on any atom is -0.395 e. The molecule has 9 heteroatoms. The third-order valence-corrected chi connectivity index (χ3v) is 5.98. The zero-order valence-electron chi connectivity index (χ0n) is 19.8. The van der Waals surface area contributed by atoms with Crippen molar-refractivity contribution in [3.63, 3.8) is 0 Å². The van der Waals surface area contributed by atoms with Crippen molar-refractivity contribution in [1.29, 1.82) is 0 Å². The first-order valence-corrected chi connectivity index (χ1v) is 11.3. The predicted molar refractivity (Wildman–Crippen MR) is 125 cm³/mol. The minimum absolute atomic E-state index is 0.0984. The summed E-state index contributed by atoms with van der Waals surface area (Å²) in [5.74, 6) is 1.80. The average Bonchev–Trinajstić information content (AvgIpc) is 2.79. The molecule has 3 heterocycles. The summed E-state index contributed by atoms with van der Waals surface area (Å²) in [5.41, 5.74) is 3.85. The molecule has 1 fully saturated rings. The van der Waals surface area contributed by atoms with Gasteiger partial charge in [-0.05, 0) is 50.7 Å². The Hall–Kier alpha value is -2.81. The number of hydrogen-bond donors (Lipinski definition) is 2. The molecule has 9 nitrogen and oxygen atoms in total. The van der Waals surface area contributed by atoms with Gasteiger partial charge in [0, 0.05) is 44.1 Å². The minimum atomic E-state index is -0.262. The fraction of sp³-hybridized carbons (Fsp3) is 0.609. The van der Waals surface area contributed by atoms with E-state index in [2.05, 4.69) is 53.0 Å². The molecular formula is C23H35N7O2. The van der Waals surface area contributed by atoms with E-state index in [4.69, 9.17) is 15.1 Å². The first-order valence-electron chi connectivity index (χ1n) is 11.3. The Bertz CT molecular complexity index is 903. The number of aliphatic hydroxyl groups is 1. The average molecular weight is 442 g/mol. The molecule has 3 rings (SSSR count). The van der Waals surface area contributed by atoms with Gasteiger partial charge in [0.25, 0.3) is 5.91 Å². The number of piperidine rings is 1. The van der Waals surface area contributed by atoms with Crippen LogP contribution in [0.15, 0.2) is 12.3 Å². The van der Waals surface area contributed by atoms with E-state index < -0.39 is 0 Å². The highest BCUT2D eigenvalue weighted by atomic mass is 16.3. The van der Waals surface area contributed by atoms with Crippen LogP contribution < -0.4 is 15.1 Å². The van der Waals surface area contributed by atoms with Gasteiger partial charge >= 0.3 is 0 Å². The van der Waals surface area contributed by atoms with Crippen molar-refractivity contribution < 1.29 is 9.90 Å². The van der Waals surface area contributed by atoms with Gasteiger partial charge in [-0.2, -0.15) is 5.10 Å². The molecular weight excluding hydrogens is 406 g/mol. The third-order valence-electron chi connectivity index (χ3n) is 5.98. The van der Waals surface area contributed by atoms with E-state index in [1.165, 1.54) is 11.8 Å². The number of aromatic nitrogens is 4. The number of anilines is 2. The van der Waals surface area contributed by atoms with E-state index in [9.17, 15) is 4.79 Å². The van der Waals surface area contributed by atoms with Crippen molar-refractivity contribution in [2.45, 2.75) is 53.0 Å². The molecule has 1 aliphatic heterocycles. The molecule has 0 aromatic carbocycles. The highest BCUT2D eigenvalue weighted by molar-refractivity contribution is 5.94. The lowest BCUT2D eigenvalue weighted by molar-refractivity contribution is 0.0944. The van der Waals surface area contributed by atoms with E-state index >= 15 is 0 Å². The normalized spacial score (nSPS) is 14.7. The second-order valence-corrected chi connectivity index (χ2v) is 8.88. The second kappa shape index (κ2) is 10.7. The molecule has 32 heavy (non-hydrogen) atoms. The third kappa shape index (κ3) is 5.70. The van der Waals surface area contributed by atoms with Crippen molar-refractivity contribution in [1.82, 2.24) is 25.5 Å². The van der Waals surface area contributed by atoms with Crippen LogP contribution in [-0.2, 0) is 6.42 Å². The van der Waals surface area contributed by atoms with E-state index in [0.29, 0.717) is 23.3 Å². The van der Waals surface area contributed by atoms with E-state index in [1.807, 2.05) is 7.05 Å². The predicted octanol–water partition coefficient (Wildman–Crippen LogP) is 1.91. The van der Waals surface area contributed by atoms with E-state index in [1.54, 1.807) is 6.07 Å². The van der Waals surface area contributed by atoms with Crippen LogP contribution in [0, 0.1) is 19.8 Å². The van der Waals surface area contributed by atoms with Crippen molar-refractivity contribution in [3.05, 3.63) is 34.8 Å². The van der Waals surface area contributed by atoms with Gasteiger partial charge in [0.05, 0.1) is 18.4 Å². The largest absolute Gasteiger partial charge is 0.395 e. The zero-order valence-corrected chi connectivity index (χ0v) is 19.8. The van der Waals surface area contributed by atoms with Crippen LogP contribution in [0.3, 0.4) is 0 Å². The van der Waals surface area contributed by atoms with Gasteiger partial charge in [-0.1, -0.05) is 13.8 Å². The van der Waals surface area contributed by atoms with Crippen LogP contribution in [0.2, 0.25) is 0 Å². The number of amides is 1. The Kier molecular flexibility index (Phi) is 7.95. The quantitative estimate of drug-likeness (QED) is 0.640. The zero-order chi connectivity index (χ0) is 23.3. The summed E-state index contributed by atoms with van der Waals surface area (Å²) in [7, 11) is 1.99. The lowest BCUT2D eigenvalue weighted by Crippen LogP contribution is -2.44. The molecule has 0 aliphatic carbocycles. The monoisotopic (exact) mass is 441 g/mol. The Balaban J connectivity index is 1.64. The topological polar surface area (TPSA) is 107 Å². The standard InChI is InChI=1S/C23H35N7O2/c1-15(2)12-20-16(3)26-23(27-17(20)4)30-9-6-19(7-10-30)29(5)21-13-18(14-25-28-21)22(32)24-8-11-31/h13-15,19,31H,6-12H2,1-5H3,(H,24,32). The SMILES string of the molecule is Cc1nc(N2CCC(N(C)c3cc(C(=O)NCCO)cnn3)CC2)nc(C)c1CC(C)C. The summed E-state index contributed by atoms with van der Waals surface area (Å²) < 4.78 is 0. The summed E-state index contributed by atoms with van der Waals surface area (Å²) in [5, 5.41) is 19.8. The van der Waals surface area contributed by atoms with Crippen LogP contribution in [-0.4, -0.2) is 70.5 Å². The molecule has 2 aromatic rings. The summed E-state index contributed by atoms with van der Waals surface area (Å²) in [6.45, 7) is 10.4. The number of hydrogen-bond acceptors (Lipinski definition) is 8. The molecule has 1 amide bonds. The summed E-state index contributed by atoms with van der Waals surface area (Å²) in [4.78, 5) is 26.1. The molecule has 174 valence electrons. The first kappa shape index (κ1) is 23.8. The van der Waals surface area contributed by atoms with Gasteiger partial charge in [-0.15, -0.1) is 5.10 Å². The van der Waals surface area contributed by atoms with Crippen molar-refractivity contribution >= 4 is 17.7 Å². The van der Waals surface area contributed by atoms with E-state index in [-0.39, 0.29) is 19.1 Å². The Labute approximate surface area is 190 Å². The van der Waals surface area contributed by atoms with Crippen LogP contribution in [0.25, 0.3) is 0 Å². The number of aryl methyl sites for hydroxylation is 2. The summed E-state index contributed by atoms with van der Waals surface area (Å²) >= 11 is 0. The fourth-order valence-corrected chi connectivity index (χ4v) is 4.13. The number of rotatable bonds is 8. The second-order valence-electron chi connectivity index (χ2n) is 8.88. The highest BCUT2D eigenvalue weighted by Gasteiger charge is 2.26. The lowest BCUT2D eigenvalue weighted by Gasteiger charge is -2.37. The van der Waals surface area contributed by atoms with Crippen molar-refractivity contribution in [3.8, 4) is 0 Å². The Morgan fingerprint density at radius 2 is 1.91 bits per heavy atom. The maximum absolute atomic E-state index is 12.2. The van der Waals surface area contributed by atoms with Gasteiger partial charge in [0.1, 0.15) is 0 Å². The molecule has 1 aliphatic rings. The molecule has 0 radical (unpaired) electrons. The number of nitrogens with one attached hydrogen (secondary N) is 1. The molecule has 2 N–H and O–H groups in total. The van der Waals surface area contributed by atoms with Gasteiger partial charge < -0.3 is 20.2 Å². The van der Waals surface area contributed by atoms with E-state index in [0.717, 1.165) is 49.7 Å². The van der Waals surface area contributed by atoms with Gasteiger partial charge in [-0.3, -0.25) is 4.79 Å². The number of carbonyl (C=O) groups excluding carboxylic acids is 1. The molecule has 1 saturated heterocycles. The smallest absolute Gasteiger partial charge is 0.253 e. The maximum atomic E-state index is 12.2. The number of carbonyl (C=O) groups is 1. The Morgan fingerprint density at radius 1 is 1.25 bits per heavy atom. The maximum Gasteiger partial charge on any atom is 0.253 e. The van der Waals surface area contributed by atoms with Crippen molar-refractivity contribution in [2.75, 3.05) is 43.1 Å². The van der Waals surface area contributed by atoms with Gasteiger partial charge in [0.2, 0.25) is 5.95 Å². The number of nitrogens with zero attached hydrogens (tertiary/aromatic N) is 6.